The summed E-state index contributed by atoms with van der Waals surface area (Å²) in [5.41, 5.74) is 6.13. The van der Waals surface area contributed by atoms with Gasteiger partial charge >= 0.3 is 6.03 Å². The van der Waals surface area contributed by atoms with Crippen LogP contribution in [-0.4, -0.2) is 54.5 Å². The number of amides is 3. The number of urea groups is 1. The van der Waals surface area contributed by atoms with E-state index in [1.807, 2.05) is 23.1 Å². The Kier molecular flexibility index (Phi) is 7.52. The molecular formula is C18H27ClN4O2. The van der Waals surface area contributed by atoms with Gasteiger partial charge in [0.05, 0.1) is 0 Å². The third-order valence-corrected chi connectivity index (χ3v) is 5.03. The van der Waals surface area contributed by atoms with Gasteiger partial charge in [-0.3, -0.25) is 9.69 Å². The van der Waals surface area contributed by atoms with E-state index in [2.05, 4.69) is 23.2 Å². The molecule has 25 heavy (non-hydrogen) atoms. The molecule has 3 amide bonds. The molecule has 0 aromatic heterocycles. The van der Waals surface area contributed by atoms with Gasteiger partial charge in [0.15, 0.2) is 0 Å². The lowest BCUT2D eigenvalue weighted by Gasteiger charge is -2.38. The van der Waals surface area contributed by atoms with E-state index in [1.165, 1.54) is 0 Å². The molecule has 2 rings (SSSR count). The molecule has 1 fully saturated rings. The zero-order valence-corrected chi connectivity index (χ0v) is 15.5. The van der Waals surface area contributed by atoms with Crippen LogP contribution in [0.3, 0.4) is 0 Å². The molecule has 1 aliphatic rings. The van der Waals surface area contributed by atoms with Crippen molar-refractivity contribution in [3.63, 3.8) is 0 Å². The fraction of sp³-hybridized carbons (Fsp3) is 0.556. The van der Waals surface area contributed by atoms with E-state index in [4.69, 9.17) is 17.3 Å². The van der Waals surface area contributed by atoms with Crippen LogP contribution in [0.15, 0.2) is 24.3 Å². The Morgan fingerprint density at radius 2 is 1.88 bits per heavy atom. The number of benzene rings is 1. The highest BCUT2D eigenvalue weighted by Crippen LogP contribution is 2.27. The topological polar surface area (TPSA) is 78.7 Å². The van der Waals surface area contributed by atoms with E-state index < -0.39 is 6.03 Å². The predicted molar refractivity (Wildman–Crippen MR) is 99.5 cm³/mol. The summed E-state index contributed by atoms with van der Waals surface area (Å²) in [4.78, 5) is 27.1. The van der Waals surface area contributed by atoms with Crippen molar-refractivity contribution >= 4 is 23.5 Å². The molecule has 1 aliphatic heterocycles. The van der Waals surface area contributed by atoms with E-state index in [9.17, 15) is 9.59 Å². The van der Waals surface area contributed by atoms with E-state index in [0.717, 1.165) is 49.6 Å². The van der Waals surface area contributed by atoms with Gasteiger partial charge in [0, 0.05) is 50.2 Å². The van der Waals surface area contributed by atoms with Gasteiger partial charge in [-0.05, 0) is 31.4 Å². The SMILES string of the molecule is CC(c1ccccc1Cl)N1CCN(C(=O)CCCCNC(N)=O)CC1. The number of nitrogens with one attached hydrogen (secondary N) is 1. The van der Waals surface area contributed by atoms with E-state index in [0.29, 0.717) is 13.0 Å². The monoisotopic (exact) mass is 366 g/mol. The Balaban J connectivity index is 1.73. The third-order valence-electron chi connectivity index (χ3n) is 4.69. The standard InChI is InChI=1S/C18H27ClN4O2/c1-14(15-6-2-3-7-16(15)19)22-10-12-23(13-11-22)17(24)8-4-5-9-21-18(20)25/h2-3,6-7,14H,4-5,8-13H2,1H3,(H3,20,21,25). The van der Waals surface area contributed by atoms with Crippen LogP contribution in [0.5, 0.6) is 0 Å². The molecule has 1 heterocycles. The molecular weight excluding hydrogens is 340 g/mol. The number of hydrogen-bond acceptors (Lipinski definition) is 3. The highest BCUT2D eigenvalue weighted by molar-refractivity contribution is 6.31. The van der Waals surface area contributed by atoms with E-state index in [-0.39, 0.29) is 11.9 Å². The van der Waals surface area contributed by atoms with E-state index in [1.54, 1.807) is 0 Å². The number of unbranched alkanes of at least 4 members (excludes halogenated alkanes) is 1. The molecule has 6 nitrogen and oxygen atoms in total. The largest absolute Gasteiger partial charge is 0.352 e. The molecule has 0 radical (unpaired) electrons. The molecule has 7 heteroatoms. The molecule has 138 valence electrons. The second kappa shape index (κ2) is 9.63. The third kappa shape index (κ3) is 5.90. The van der Waals surface area contributed by atoms with Gasteiger partial charge in [0.1, 0.15) is 0 Å². The Morgan fingerprint density at radius 3 is 2.52 bits per heavy atom. The predicted octanol–water partition coefficient (Wildman–Crippen LogP) is 2.38. The van der Waals surface area contributed by atoms with Crippen molar-refractivity contribution in [2.75, 3.05) is 32.7 Å². The summed E-state index contributed by atoms with van der Waals surface area (Å²) in [5.74, 6) is 0.184. The van der Waals surface area contributed by atoms with Crippen molar-refractivity contribution < 1.29 is 9.59 Å². The highest BCUT2D eigenvalue weighted by atomic mass is 35.5. The van der Waals surface area contributed by atoms with E-state index >= 15 is 0 Å². The molecule has 1 aromatic carbocycles. The van der Waals surface area contributed by atoms with Crippen LogP contribution in [0.4, 0.5) is 4.79 Å². The first-order valence-corrected chi connectivity index (χ1v) is 9.16. The minimum atomic E-state index is -0.518. The number of halogens is 1. The Labute approximate surface area is 154 Å². The van der Waals surface area contributed by atoms with Gasteiger partial charge in [-0.2, -0.15) is 0 Å². The smallest absolute Gasteiger partial charge is 0.312 e. The van der Waals surface area contributed by atoms with Gasteiger partial charge in [0.25, 0.3) is 0 Å². The second-order valence-electron chi connectivity index (χ2n) is 6.36. The summed E-state index contributed by atoms with van der Waals surface area (Å²) in [6.45, 7) is 5.86. The molecule has 0 bridgehead atoms. The second-order valence-corrected chi connectivity index (χ2v) is 6.77. The summed E-state index contributed by atoms with van der Waals surface area (Å²) < 4.78 is 0. The fourth-order valence-electron chi connectivity index (χ4n) is 3.14. The van der Waals surface area contributed by atoms with Crippen molar-refractivity contribution in [1.29, 1.82) is 0 Å². The lowest BCUT2D eigenvalue weighted by Crippen LogP contribution is -2.49. The fourth-order valence-corrected chi connectivity index (χ4v) is 3.43. The lowest BCUT2D eigenvalue weighted by molar-refractivity contribution is -0.133. The van der Waals surface area contributed by atoms with Gasteiger partial charge in [-0.1, -0.05) is 29.8 Å². The number of hydrogen-bond donors (Lipinski definition) is 2. The zero-order chi connectivity index (χ0) is 18.2. The first kappa shape index (κ1) is 19.5. The number of rotatable bonds is 7. The number of primary amides is 1. The number of piperazine rings is 1. The van der Waals surface area contributed by atoms with Crippen molar-refractivity contribution in [3.8, 4) is 0 Å². The minimum absolute atomic E-state index is 0.184. The Morgan fingerprint density at radius 1 is 1.20 bits per heavy atom. The van der Waals surface area contributed by atoms with Crippen LogP contribution in [-0.2, 0) is 4.79 Å². The average molecular weight is 367 g/mol. The van der Waals surface area contributed by atoms with Crippen molar-refractivity contribution in [2.45, 2.75) is 32.2 Å². The quantitative estimate of drug-likeness (QED) is 0.727. The summed E-state index contributed by atoms with van der Waals surface area (Å²) >= 11 is 6.29. The average Bonchev–Trinajstić information content (AvgIpc) is 2.61. The van der Waals surface area contributed by atoms with Gasteiger partial charge < -0.3 is 16.0 Å². The van der Waals surface area contributed by atoms with Crippen LogP contribution in [0, 0.1) is 0 Å². The molecule has 0 spiro atoms. The molecule has 0 aliphatic carbocycles. The van der Waals surface area contributed by atoms with Crippen LogP contribution in [0.2, 0.25) is 5.02 Å². The molecule has 1 aromatic rings. The molecule has 1 unspecified atom stereocenters. The Hall–Kier alpha value is -1.79. The number of nitrogens with two attached hydrogens (primary N) is 1. The molecule has 1 atom stereocenters. The Bertz CT molecular complexity index is 588. The maximum atomic E-state index is 12.3. The first-order chi connectivity index (χ1) is 12.0. The minimum Gasteiger partial charge on any atom is -0.352 e. The van der Waals surface area contributed by atoms with Crippen LogP contribution in [0.25, 0.3) is 0 Å². The summed E-state index contributed by atoms with van der Waals surface area (Å²) in [6.07, 6.45) is 2.04. The number of carbonyl (C=O) groups excluding carboxylic acids is 2. The molecule has 1 saturated heterocycles. The highest BCUT2D eigenvalue weighted by Gasteiger charge is 2.25. The van der Waals surface area contributed by atoms with Gasteiger partial charge in [-0.15, -0.1) is 0 Å². The van der Waals surface area contributed by atoms with Gasteiger partial charge in [0.2, 0.25) is 5.91 Å². The maximum absolute atomic E-state index is 12.3. The van der Waals surface area contributed by atoms with Crippen molar-refractivity contribution in [1.82, 2.24) is 15.1 Å². The van der Waals surface area contributed by atoms with Crippen LogP contribution >= 0.6 is 11.6 Å². The normalized spacial score (nSPS) is 16.5. The van der Waals surface area contributed by atoms with Gasteiger partial charge in [-0.25, -0.2) is 4.79 Å². The number of carbonyl (C=O) groups is 2. The molecule has 3 N–H and O–H groups in total. The summed E-state index contributed by atoms with van der Waals surface area (Å²) in [5, 5.41) is 3.32. The first-order valence-electron chi connectivity index (χ1n) is 8.78. The van der Waals surface area contributed by atoms with Crippen LogP contribution in [0.1, 0.15) is 37.8 Å². The summed E-state index contributed by atoms with van der Waals surface area (Å²) in [7, 11) is 0. The maximum Gasteiger partial charge on any atom is 0.312 e. The number of nitrogens with zero attached hydrogens (tertiary/aromatic N) is 2. The lowest BCUT2D eigenvalue weighted by atomic mass is 10.1. The van der Waals surface area contributed by atoms with Crippen LogP contribution < -0.4 is 11.1 Å². The van der Waals surface area contributed by atoms with Crippen molar-refractivity contribution in [2.24, 2.45) is 5.73 Å². The van der Waals surface area contributed by atoms with Crippen molar-refractivity contribution in [3.05, 3.63) is 34.9 Å². The summed E-state index contributed by atoms with van der Waals surface area (Å²) in [6, 6.07) is 7.64. The molecule has 0 saturated carbocycles. The zero-order valence-electron chi connectivity index (χ0n) is 14.7.